The molecule has 0 fully saturated rings. The highest BCUT2D eigenvalue weighted by Crippen LogP contribution is 2.26. The first-order valence-electron chi connectivity index (χ1n) is 4.86. The molecule has 16 heavy (non-hydrogen) atoms. The van der Waals surface area contributed by atoms with E-state index in [4.69, 9.17) is 4.74 Å². The summed E-state index contributed by atoms with van der Waals surface area (Å²) in [7, 11) is 1.63. The first-order valence-corrected chi connectivity index (χ1v) is 5.65. The standard InChI is InChI=1S/C11H12BrN3O/c1-7-10(12)8(2)15(14-7)11-9(16-3)5-4-6-13-11/h4-6H,1-3H3. The van der Waals surface area contributed by atoms with Crippen molar-refractivity contribution in [1.82, 2.24) is 14.8 Å². The molecule has 0 spiro atoms. The van der Waals surface area contributed by atoms with Gasteiger partial charge in [0.05, 0.1) is 23.0 Å². The Morgan fingerprint density at radius 2 is 2.12 bits per heavy atom. The monoisotopic (exact) mass is 281 g/mol. The molecule has 2 heterocycles. The summed E-state index contributed by atoms with van der Waals surface area (Å²) in [6.07, 6.45) is 1.72. The van der Waals surface area contributed by atoms with Crippen molar-refractivity contribution in [2.45, 2.75) is 13.8 Å². The topological polar surface area (TPSA) is 39.9 Å². The Hall–Kier alpha value is -1.36. The van der Waals surface area contributed by atoms with Crippen LogP contribution in [-0.2, 0) is 0 Å². The molecule has 0 atom stereocenters. The van der Waals surface area contributed by atoms with Crippen LogP contribution in [0.5, 0.6) is 5.75 Å². The molecule has 0 N–H and O–H groups in total. The van der Waals surface area contributed by atoms with Gasteiger partial charge in [-0.3, -0.25) is 0 Å². The Morgan fingerprint density at radius 3 is 2.69 bits per heavy atom. The zero-order valence-electron chi connectivity index (χ0n) is 9.36. The lowest BCUT2D eigenvalue weighted by atomic mass is 10.4. The molecule has 0 saturated carbocycles. The first kappa shape index (κ1) is 11.1. The second-order valence-corrected chi connectivity index (χ2v) is 4.22. The third-order valence-corrected chi connectivity index (χ3v) is 3.52. The third-order valence-electron chi connectivity index (χ3n) is 2.37. The molecule has 2 aromatic heterocycles. The molecule has 0 aliphatic carbocycles. The third kappa shape index (κ3) is 1.71. The second-order valence-electron chi connectivity index (χ2n) is 3.43. The average Bonchev–Trinajstić information content (AvgIpc) is 2.57. The molecule has 2 aromatic rings. The van der Waals surface area contributed by atoms with Gasteiger partial charge in [-0.1, -0.05) is 0 Å². The maximum atomic E-state index is 5.27. The first-order chi connectivity index (χ1) is 7.65. The van der Waals surface area contributed by atoms with Crippen molar-refractivity contribution in [2.75, 3.05) is 7.11 Å². The van der Waals surface area contributed by atoms with Gasteiger partial charge in [0.25, 0.3) is 0 Å². The summed E-state index contributed by atoms with van der Waals surface area (Å²) < 4.78 is 8.04. The summed E-state index contributed by atoms with van der Waals surface area (Å²) >= 11 is 3.49. The highest BCUT2D eigenvalue weighted by atomic mass is 79.9. The fraction of sp³-hybridized carbons (Fsp3) is 0.273. The van der Waals surface area contributed by atoms with Gasteiger partial charge in [0, 0.05) is 6.20 Å². The summed E-state index contributed by atoms with van der Waals surface area (Å²) in [5.74, 6) is 1.41. The SMILES string of the molecule is COc1cccnc1-n1nc(C)c(Br)c1C. The van der Waals surface area contributed by atoms with E-state index in [9.17, 15) is 0 Å². The Labute approximate surface area is 102 Å². The van der Waals surface area contributed by atoms with E-state index in [0.29, 0.717) is 11.6 Å². The number of ether oxygens (including phenoxy) is 1. The van der Waals surface area contributed by atoms with E-state index in [1.165, 1.54) is 0 Å². The summed E-state index contributed by atoms with van der Waals surface area (Å²) in [6.45, 7) is 3.93. The molecule has 0 aromatic carbocycles. The van der Waals surface area contributed by atoms with Crippen molar-refractivity contribution in [3.63, 3.8) is 0 Å². The highest BCUT2D eigenvalue weighted by Gasteiger charge is 2.14. The van der Waals surface area contributed by atoms with Gasteiger partial charge in [-0.25, -0.2) is 9.67 Å². The average molecular weight is 282 g/mol. The molecular formula is C11H12BrN3O. The Kier molecular flexibility index (Phi) is 2.96. The van der Waals surface area contributed by atoms with Crippen molar-refractivity contribution in [3.8, 4) is 11.6 Å². The van der Waals surface area contributed by atoms with Crippen LogP contribution < -0.4 is 4.74 Å². The molecule has 0 saturated heterocycles. The zero-order valence-corrected chi connectivity index (χ0v) is 10.9. The van der Waals surface area contributed by atoms with Gasteiger partial charge in [-0.05, 0) is 41.9 Å². The van der Waals surface area contributed by atoms with Crippen LogP contribution in [0.25, 0.3) is 5.82 Å². The number of methoxy groups -OCH3 is 1. The molecule has 2 rings (SSSR count). The summed E-state index contributed by atoms with van der Waals surface area (Å²) in [5, 5.41) is 4.42. The normalized spacial score (nSPS) is 10.5. The lowest BCUT2D eigenvalue weighted by molar-refractivity contribution is 0.409. The largest absolute Gasteiger partial charge is 0.493 e. The molecule has 4 nitrogen and oxygen atoms in total. The van der Waals surface area contributed by atoms with Crippen LogP contribution in [0.3, 0.4) is 0 Å². The van der Waals surface area contributed by atoms with Crippen molar-refractivity contribution >= 4 is 15.9 Å². The molecule has 0 aliphatic rings. The smallest absolute Gasteiger partial charge is 0.196 e. The molecule has 0 radical (unpaired) electrons. The van der Waals surface area contributed by atoms with Gasteiger partial charge >= 0.3 is 0 Å². The van der Waals surface area contributed by atoms with E-state index < -0.39 is 0 Å². The lowest BCUT2D eigenvalue weighted by Gasteiger charge is -2.08. The van der Waals surface area contributed by atoms with Crippen molar-refractivity contribution < 1.29 is 4.74 Å². The van der Waals surface area contributed by atoms with Gasteiger partial charge < -0.3 is 4.74 Å². The fourth-order valence-electron chi connectivity index (χ4n) is 1.53. The zero-order chi connectivity index (χ0) is 11.7. The fourth-order valence-corrected chi connectivity index (χ4v) is 1.78. The number of nitrogens with zero attached hydrogens (tertiary/aromatic N) is 3. The number of aromatic nitrogens is 3. The van der Waals surface area contributed by atoms with Gasteiger partial charge in [0.15, 0.2) is 11.6 Å². The summed E-state index contributed by atoms with van der Waals surface area (Å²) in [6, 6.07) is 3.70. The van der Waals surface area contributed by atoms with E-state index in [2.05, 4.69) is 26.0 Å². The maximum Gasteiger partial charge on any atom is 0.196 e. The van der Waals surface area contributed by atoms with Crippen LogP contribution in [0, 0.1) is 13.8 Å². The molecule has 5 heteroatoms. The number of pyridine rings is 1. The van der Waals surface area contributed by atoms with Gasteiger partial charge in [0.1, 0.15) is 0 Å². The van der Waals surface area contributed by atoms with Crippen molar-refractivity contribution in [3.05, 3.63) is 34.2 Å². The number of halogens is 1. The van der Waals surface area contributed by atoms with Crippen molar-refractivity contribution in [1.29, 1.82) is 0 Å². The molecule has 0 amide bonds. The molecule has 0 bridgehead atoms. The Morgan fingerprint density at radius 1 is 1.38 bits per heavy atom. The Balaban J connectivity index is 2.63. The number of hydrogen-bond donors (Lipinski definition) is 0. The minimum absolute atomic E-state index is 0.705. The Bertz CT molecular complexity index is 522. The quantitative estimate of drug-likeness (QED) is 0.850. The van der Waals surface area contributed by atoms with Crippen molar-refractivity contribution in [2.24, 2.45) is 0 Å². The van der Waals surface area contributed by atoms with Crippen LogP contribution in [0.4, 0.5) is 0 Å². The van der Waals surface area contributed by atoms with E-state index in [1.807, 2.05) is 26.0 Å². The van der Waals surface area contributed by atoms with Crippen LogP contribution >= 0.6 is 15.9 Å². The lowest BCUT2D eigenvalue weighted by Crippen LogP contribution is -2.04. The summed E-state index contributed by atoms with van der Waals surface area (Å²) in [4.78, 5) is 4.29. The second kappa shape index (κ2) is 4.25. The number of hydrogen-bond acceptors (Lipinski definition) is 3. The molecule has 0 aliphatic heterocycles. The molecule has 84 valence electrons. The van der Waals surface area contributed by atoms with Crippen LogP contribution in [0.1, 0.15) is 11.4 Å². The van der Waals surface area contributed by atoms with Crippen LogP contribution in [0.15, 0.2) is 22.8 Å². The van der Waals surface area contributed by atoms with Gasteiger partial charge in [-0.2, -0.15) is 5.10 Å². The molecule has 0 unspecified atom stereocenters. The maximum absolute atomic E-state index is 5.27. The predicted molar refractivity (Wildman–Crippen MR) is 65.1 cm³/mol. The van der Waals surface area contributed by atoms with E-state index >= 15 is 0 Å². The van der Waals surface area contributed by atoms with Gasteiger partial charge in [-0.15, -0.1) is 0 Å². The van der Waals surface area contributed by atoms with E-state index in [-0.39, 0.29) is 0 Å². The predicted octanol–water partition coefficient (Wildman–Crippen LogP) is 2.66. The highest BCUT2D eigenvalue weighted by molar-refractivity contribution is 9.10. The number of aryl methyl sites for hydroxylation is 1. The minimum Gasteiger partial charge on any atom is -0.493 e. The number of rotatable bonds is 2. The van der Waals surface area contributed by atoms with Crippen LogP contribution in [-0.4, -0.2) is 21.9 Å². The van der Waals surface area contributed by atoms with Crippen LogP contribution in [0.2, 0.25) is 0 Å². The summed E-state index contributed by atoms with van der Waals surface area (Å²) in [5.41, 5.74) is 1.94. The molecular weight excluding hydrogens is 270 g/mol. The minimum atomic E-state index is 0.705. The van der Waals surface area contributed by atoms with E-state index in [0.717, 1.165) is 15.9 Å². The van der Waals surface area contributed by atoms with E-state index in [1.54, 1.807) is 18.0 Å². The van der Waals surface area contributed by atoms with Gasteiger partial charge in [0.2, 0.25) is 0 Å².